The number of hydrogen-bond donors (Lipinski definition) is 2. The maximum absolute atomic E-state index is 13.0. The van der Waals surface area contributed by atoms with E-state index >= 15 is 0 Å². The lowest BCUT2D eigenvalue weighted by molar-refractivity contribution is 0.223. The first kappa shape index (κ1) is 12.4. The Morgan fingerprint density at radius 1 is 1.28 bits per heavy atom. The van der Waals surface area contributed by atoms with Crippen LogP contribution in [0, 0.1) is 5.95 Å². The van der Waals surface area contributed by atoms with Crippen molar-refractivity contribution in [1.82, 2.24) is 9.97 Å². The summed E-state index contributed by atoms with van der Waals surface area (Å²) >= 11 is 0. The smallest absolute Gasteiger partial charge is 0.217 e. The van der Waals surface area contributed by atoms with Crippen molar-refractivity contribution in [3.05, 3.63) is 54.2 Å². The largest absolute Gasteiger partial charge is 0.394 e. The molecule has 2 N–H and O–H groups in total. The van der Waals surface area contributed by atoms with Gasteiger partial charge in [0.1, 0.15) is 12.1 Å². The second kappa shape index (κ2) is 5.10. The summed E-state index contributed by atoms with van der Waals surface area (Å²) in [7, 11) is 0. The summed E-state index contributed by atoms with van der Waals surface area (Å²) in [4.78, 5) is 7.31. The van der Waals surface area contributed by atoms with E-state index in [-0.39, 0.29) is 6.61 Å². The number of nitrogens with one attached hydrogen (secondary N) is 1. The molecule has 0 saturated carbocycles. The maximum atomic E-state index is 13.0. The van der Waals surface area contributed by atoms with Gasteiger partial charge in [0.05, 0.1) is 12.1 Å². The molecule has 18 heavy (non-hydrogen) atoms. The van der Waals surface area contributed by atoms with Crippen molar-refractivity contribution in [1.29, 1.82) is 0 Å². The van der Waals surface area contributed by atoms with Gasteiger partial charge < -0.3 is 10.4 Å². The standard InChI is InChI=1S/C13H14FN3O/c1-13(8-18,10-5-3-2-4-6-10)17-12-7-11(14)15-9-16-12/h2-7,9,18H,8H2,1H3,(H,15,16,17). The minimum Gasteiger partial charge on any atom is -0.394 e. The topological polar surface area (TPSA) is 58.0 Å². The zero-order valence-electron chi connectivity index (χ0n) is 9.97. The predicted molar refractivity (Wildman–Crippen MR) is 66.5 cm³/mol. The molecule has 0 bridgehead atoms. The average molecular weight is 247 g/mol. The molecule has 0 fully saturated rings. The Hall–Kier alpha value is -2.01. The molecule has 94 valence electrons. The Morgan fingerprint density at radius 2 is 2.00 bits per heavy atom. The third kappa shape index (κ3) is 2.62. The second-order valence-electron chi connectivity index (χ2n) is 4.21. The van der Waals surface area contributed by atoms with Crippen molar-refractivity contribution in [2.24, 2.45) is 0 Å². The highest BCUT2D eigenvalue weighted by molar-refractivity contribution is 5.40. The molecule has 0 spiro atoms. The Kier molecular flexibility index (Phi) is 3.53. The molecule has 0 aliphatic heterocycles. The third-order valence-electron chi connectivity index (χ3n) is 2.76. The molecule has 4 nitrogen and oxygen atoms in total. The fourth-order valence-electron chi connectivity index (χ4n) is 1.69. The molecule has 0 radical (unpaired) electrons. The van der Waals surface area contributed by atoms with Gasteiger partial charge in [-0.25, -0.2) is 9.97 Å². The van der Waals surface area contributed by atoms with E-state index in [1.165, 1.54) is 6.07 Å². The van der Waals surface area contributed by atoms with E-state index in [9.17, 15) is 9.50 Å². The highest BCUT2D eigenvalue weighted by Gasteiger charge is 2.25. The Balaban J connectivity index is 2.29. The SMILES string of the molecule is CC(CO)(Nc1cc(F)ncn1)c1ccccc1. The van der Waals surface area contributed by atoms with Gasteiger partial charge in [-0.1, -0.05) is 30.3 Å². The molecule has 0 amide bonds. The summed E-state index contributed by atoms with van der Waals surface area (Å²) < 4.78 is 13.0. The molecule has 0 aliphatic carbocycles. The fraction of sp³-hybridized carbons (Fsp3) is 0.231. The summed E-state index contributed by atoms with van der Waals surface area (Å²) in [5.74, 6) is -0.274. The van der Waals surface area contributed by atoms with Gasteiger partial charge in [-0.2, -0.15) is 4.39 Å². The molecule has 5 heteroatoms. The van der Waals surface area contributed by atoms with Crippen molar-refractivity contribution >= 4 is 5.82 Å². The highest BCUT2D eigenvalue weighted by Crippen LogP contribution is 2.24. The molecule has 1 unspecified atom stereocenters. The lowest BCUT2D eigenvalue weighted by atomic mass is 9.93. The number of aliphatic hydroxyl groups excluding tert-OH is 1. The van der Waals surface area contributed by atoms with E-state index < -0.39 is 11.5 Å². The Morgan fingerprint density at radius 3 is 2.61 bits per heavy atom. The minimum absolute atomic E-state index is 0.136. The second-order valence-corrected chi connectivity index (χ2v) is 4.21. The van der Waals surface area contributed by atoms with Gasteiger partial charge in [0, 0.05) is 6.07 Å². The lowest BCUT2D eigenvalue weighted by Crippen LogP contribution is -2.36. The number of benzene rings is 1. The van der Waals surface area contributed by atoms with Crippen LogP contribution in [0.3, 0.4) is 0 Å². The zero-order valence-corrected chi connectivity index (χ0v) is 9.97. The molecule has 0 saturated heterocycles. The van der Waals surface area contributed by atoms with Gasteiger partial charge in [0.15, 0.2) is 0 Å². The first-order valence-corrected chi connectivity index (χ1v) is 5.56. The van der Waals surface area contributed by atoms with Gasteiger partial charge >= 0.3 is 0 Å². The van der Waals surface area contributed by atoms with Gasteiger partial charge in [-0.15, -0.1) is 0 Å². The first-order chi connectivity index (χ1) is 8.64. The van der Waals surface area contributed by atoms with Crippen LogP contribution < -0.4 is 5.32 Å². The van der Waals surface area contributed by atoms with E-state index in [0.717, 1.165) is 11.9 Å². The Labute approximate surface area is 105 Å². The number of halogens is 1. The van der Waals surface area contributed by atoms with Crippen LogP contribution >= 0.6 is 0 Å². The molecule has 2 aromatic rings. The molecule has 1 aromatic carbocycles. The summed E-state index contributed by atoms with van der Waals surface area (Å²) in [5.41, 5.74) is 0.175. The van der Waals surface area contributed by atoms with E-state index in [1.807, 2.05) is 37.3 Å². The number of rotatable bonds is 4. The quantitative estimate of drug-likeness (QED) is 0.811. The monoisotopic (exact) mass is 247 g/mol. The maximum Gasteiger partial charge on any atom is 0.217 e. The van der Waals surface area contributed by atoms with Crippen LogP contribution in [-0.4, -0.2) is 21.7 Å². The number of nitrogens with zero attached hydrogens (tertiary/aromatic N) is 2. The van der Waals surface area contributed by atoms with Gasteiger partial charge in [0.25, 0.3) is 0 Å². The van der Waals surface area contributed by atoms with Gasteiger partial charge in [-0.05, 0) is 12.5 Å². The summed E-state index contributed by atoms with van der Waals surface area (Å²) in [6, 6.07) is 10.6. The first-order valence-electron chi connectivity index (χ1n) is 5.56. The number of hydrogen-bond acceptors (Lipinski definition) is 4. The number of anilines is 1. The van der Waals surface area contributed by atoms with Crippen LogP contribution in [0.1, 0.15) is 12.5 Å². The van der Waals surface area contributed by atoms with E-state index in [1.54, 1.807) is 0 Å². The van der Waals surface area contributed by atoms with Crippen LogP contribution in [0.15, 0.2) is 42.7 Å². The average Bonchev–Trinajstić information content (AvgIpc) is 2.39. The van der Waals surface area contributed by atoms with Crippen molar-refractivity contribution in [2.75, 3.05) is 11.9 Å². The van der Waals surface area contributed by atoms with Crippen LogP contribution in [0.2, 0.25) is 0 Å². The van der Waals surface area contributed by atoms with Crippen molar-refractivity contribution in [3.8, 4) is 0 Å². The molecular formula is C13H14FN3O. The lowest BCUT2D eigenvalue weighted by Gasteiger charge is -2.29. The van der Waals surface area contributed by atoms with Crippen molar-refractivity contribution in [2.45, 2.75) is 12.5 Å². The zero-order chi connectivity index (χ0) is 13.0. The Bertz CT molecular complexity index is 521. The number of aromatic nitrogens is 2. The normalized spacial score (nSPS) is 13.9. The summed E-state index contributed by atoms with van der Waals surface area (Å²) in [5, 5.41) is 12.6. The van der Waals surface area contributed by atoms with E-state index in [0.29, 0.717) is 5.82 Å². The van der Waals surface area contributed by atoms with Crippen molar-refractivity contribution in [3.63, 3.8) is 0 Å². The van der Waals surface area contributed by atoms with E-state index in [2.05, 4.69) is 15.3 Å². The van der Waals surface area contributed by atoms with E-state index in [4.69, 9.17) is 0 Å². The molecule has 1 atom stereocenters. The molecule has 0 aliphatic rings. The van der Waals surface area contributed by atoms with Crippen LogP contribution in [0.4, 0.5) is 10.2 Å². The van der Waals surface area contributed by atoms with Crippen LogP contribution in [-0.2, 0) is 5.54 Å². The summed E-state index contributed by atoms with van der Waals surface area (Å²) in [6.07, 6.45) is 1.14. The molecule has 2 rings (SSSR count). The van der Waals surface area contributed by atoms with Crippen LogP contribution in [0.5, 0.6) is 0 Å². The summed E-state index contributed by atoms with van der Waals surface area (Å²) in [6.45, 7) is 1.69. The van der Waals surface area contributed by atoms with Crippen LogP contribution in [0.25, 0.3) is 0 Å². The fourth-order valence-corrected chi connectivity index (χ4v) is 1.69. The molecule has 1 aromatic heterocycles. The predicted octanol–water partition coefficient (Wildman–Crippen LogP) is 1.94. The molecular weight excluding hydrogens is 233 g/mol. The van der Waals surface area contributed by atoms with Gasteiger partial charge in [-0.3, -0.25) is 0 Å². The third-order valence-corrected chi connectivity index (χ3v) is 2.76. The highest BCUT2D eigenvalue weighted by atomic mass is 19.1. The van der Waals surface area contributed by atoms with Crippen molar-refractivity contribution < 1.29 is 9.50 Å². The number of aliphatic hydroxyl groups is 1. The molecule has 1 heterocycles. The van der Waals surface area contributed by atoms with Gasteiger partial charge in [0.2, 0.25) is 5.95 Å². The minimum atomic E-state index is -0.720.